The van der Waals surface area contributed by atoms with Gasteiger partial charge in [-0.15, -0.1) is 0 Å². The van der Waals surface area contributed by atoms with Crippen LogP contribution in [-0.2, 0) is 4.79 Å². The van der Waals surface area contributed by atoms with Crippen molar-refractivity contribution in [2.24, 2.45) is 9.98 Å². The van der Waals surface area contributed by atoms with E-state index in [4.69, 9.17) is 0 Å². The van der Waals surface area contributed by atoms with Crippen molar-refractivity contribution in [2.75, 3.05) is 44.7 Å². The van der Waals surface area contributed by atoms with Crippen LogP contribution in [-0.4, -0.2) is 72.1 Å². The fourth-order valence-corrected chi connectivity index (χ4v) is 3.20. The molecule has 114 valence electrons. The average molecular weight is 363 g/mol. The minimum absolute atomic E-state index is 0.135. The lowest BCUT2D eigenvalue weighted by Crippen LogP contribution is -2.52. The Morgan fingerprint density at radius 2 is 1.91 bits per heavy atom. The molecule has 0 atom stereocenters. The first-order valence-electron chi connectivity index (χ1n) is 7.19. The summed E-state index contributed by atoms with van der Waals surface area (Å²) < 4.78 is 0.864. The smallest absolute Gasteiger partial charge is 0.267 e. The molecule has 4 rings (SSSR count). The normalized spacial score (nSPS) is 21.5. The van der Waals surface area contributed by atoms with Crippen LogP contribution in [0.1, 0.15) is 0 Å². The zero-order valence-corrected chi connectivity index (χ0v) is 13.7. The number of anilines is 1. The lowest BCUT2D eigenvalue weighted by Gasteiger charge is -2.37. The molecule has 0 unspecified atom stereocenters. The van der Waals surface area contributed by atoms with Crippen LogP contribution in [0.5, 0.6) is 0 Å². The van der Waals surface area contributed by atoms with Crippen molar-refractivity contribution in [3.05, 3.63) is 16.7 Å². The van der Waals surface area contributed by atoms with Gasteiger partial charge in [0.15, 0.2) is 17.5 Å². The third kappa shape index (κ3) is 2.22. The number of aliphatic imine (C=N–C) groups is 2. The molecule has 8 heteroatoms. The van der Waals surface area contributed by atoms with Gasteiger partial charge >= 0.3 is 0 Å². The fraction of sp³-hybridized carbons (Fsp3) is 0.429. The number of carbonyl (C=O) groups excluding carboxylic acids is 1. The molecule has 1 saturated heterocycles. The van der Waals surface area contributed by atoms with Gasteiger partial charge in [0.05, 0.1) is 5.69 Å². The molecule has 3 aliphatic heterocycles. The third-order valence-electron chi connectivity index (χ3n) is 4.10. The lowest BCUT2D eigenvalue weighted by atomic mass is 10.2. The monoisotopic (exact) mass is 362 g/mol. The molecule has 0 saturated carbocycles. The van der Waals surface area contributed by atoms with Gasteiger partial charge in [0.25, 0.3) is 5.91 Å². The molecule has 1 fully saturated rings. The number of likely N-dealkylation sites (N-methyl/N-ethyl adjacent to an activating group) is 1. The molecule has 0 spiro atoms. The van der Waals surface area contributed by atoms with Crippen LogP contribution in [0.2, 0.25) is 0 Å². The van der Waals surface area contributed by atoms with Gasteiger partial charge in [-0.1, -0.05) is 0 Å². The summed E-state index contributed by atoms with van der Waals surface area (Å²) >= 11 is 3.42. The van der Waals surface area contributed by atoms with Crippen LogP contribution in [0.25, 0.3) is 0 Å². The highest BCUT2D eigenvalue weighted by Crippen LogP contribution is 2.35. The third-order valence-corrected chi connectivity index (χ3v) is 4.53. The minimum atomic E-state index is -0.135. The van der Waals surface area contributed by atoms with Gasteiger partial charge in [0.1, 0.15) is 6.54 Å². The number of fused-ring (bicyclic) bond motifs is 3. The standard InChI is InChI=1S/C14H15BrN6O/c1-19-2-4-20(5-3-19)13-14-17-11(22)8-21(14)10-6-9(15)7-16-12(10)18-13/h6-7H,2-5,8H2,1H3. The number of halogens is 1. The summed E-state index contributed by atoms with van der Waals surface area (Å²) in [5.74, 6) is 1.93. The molecule has 0 radical (unpaired) electrons. The van der Waals surface area contributed by atoms with E-state index in [-0.39, 0.29) is 12.5 Å². The maximum atomic E-state index is 11.8. The second kappa shape index (κ2) is 5.13. The first kappa shape index (κ1) is 13.8. The second-order valence-corrected chi connectivity index (χ2v) is 6.55. The highest BCUT2D eigenvalue weighted by atomic mass is 79.9. The molecular formula is C14H15BrN6O. The average Bonchev–Trinajstić information content (AvgIpc) is 2.89. The van der Waals surface area contributed by atoms with E-state index >= 15 is 0 Å². The highest BCUT2D eigenvalue weighted by Gasteiger charge is 2.36. The number of piperazine rings is 1. The Morgan fingerprint density at radius 3 is 2.68 bits per heavy atom. The molecule has 1 aromatic heterocycles. The summed E-state index contributed by atoms with van der Waals surface area (Å²) in [4.78, 5) is 31.5. The summed E-state index contributed by atoms with van der Waals surface area (Å²) in [5, 5.41) is 0. The number of amides is 1. The molecule has 0 N–H and O–H groups in total. The number of pyridine rings is 1. The number of aromatic nitrogens is 1. The molecule has 22 heavy (non-hydrogen) atoms. The summed E-state index contributed by atoms with van der Waals surface area (Å²) in [7, 11) is 2.11. The minimum Gasteiger partial charge on any atom is -0.351 e. The van der Waals surface area contributed by atoms with Gasteiger partial charge in [-0.05, 0) is 29.0 Å². The van der Waals surface area contributed by atoms with E-state index in [0.29, 0.717) is 11.7 Å². The SMILES string of the molecule is CN1CCN(C2=Nc3ncc(Br)cc3N3CC(=O)N=C23)CC1. The molecule has 7 nitrogen and oxygen atoms in total. The van der Waals surface area contributed by atoms with Crippen molar-refractivity contribution in [3.8, 4) is 0 Å². The first-order chi connectivity index (χ1) is 10.6. The van der Waals surface area contributed by atoms with Gasteiger partial charge in [0, 0.05) is 36.8 Å². The van der Waals surface area contributed by atoms with E-state index in [1.165, 1.54) is 0 Å². The van der Waals surface area contributed by atoms with E-state index in [1.807, 2.05) is 11.0 Å². The van der Waals surface area contributed by atoms with E-state index in [9.17, 15) is 4.79 Å². The lowest BCUT2D eigenvalue weighted by molar-refractivity contribution is -0.115. The zero-order valence-electron chi connectivity index (χ0n) is 12.2. The van der Waals surface area contributed by atoms with Crippen LogP contribution in [0.3, 0.4) is 0 Å². The number of amidine groups is 2. The molecule has 0 aromatic carbocycles. The largest absolute Gasteiger partial charge is 0.351 e. The van der Waals surface area contributed by atoms with E-state index in [1.54, 1.807) is 6.20 Å². The Kier molecular flexibility index (Phi) is 3.23. The Morgan fingerprint density at radius 1 is 1.14 bits per heavy atom. The van der Waals surface area contributed by atoms with Crippen LogP contribution in [0.4, 0.5) is 11.5 Å². The molecule has 0 bridgehead atoms. The summed E-state index contributed by atoms with van der Waals surface area (Å²) in [5.41, 5.74) is 0.830. The molecule has 4 heterocycles. The Balaban J connectivity index is 1.78. The van der Waals surface area contributed by atoms with E-state index in [0.717, 1.165) is 42.2 Å². The van der Waals surface area contributed by atoms with Crippen molar-refractivity contribution in [2.45, 2.75) is 0 Å². The number of nitrogens with zero attached hydrogens (tertiary/aromatic N) is 6. The summed E-state index contributed by atoms with van der Waals surface area (Å²) in [6.45, 7) is 3.96. The maximum absolute atomic E-state index is 11.8. The second-order valence-electron chi connectivity index (χ2n) is 5.64. The van der Waals surface area contributed by atoms with Crippen molar-refractivity contribution in [1.82, 2.24) is 14.8 Å². The van der Waals surface area contributed by atoms with Gasteiger partial charge in [0.2, 0.25) is 0 Å². The number of hydrogen-bond acceptors (Lipinski definition) is 6. The van der Waals surface area contributed by atoms with Gasteiger partial charge in [-0.2, -0.15) is 4.99 Å². The van der Waals surface area contributed by atoms with Crippen LogP contribution >= 0.6 is 15.9 Å². The Labute approximate surface area is 136 Å². The molecule has 1 amide bonds. The predicted octanol–water partition coefficient (Wildman–Crippen LogP) is 0.880. The van der Waals surface area contributed by atoms with Crippen molar-refractivity contribution < 1.29 is 4.79 Å². The predicted molar refractivity (Wildman–Crippen MR) is 87.9 cm³/mol. The zero-order chi connectivity index (χ0) is 15.3. The number of carbonyl (C=O) groups is 1. The highest BCUT2D eigenvalue weighted by molar-refractivity contribution is 9.10. The van der Waals surface area contributed by atoms with Crippen LogP contribution < -0.4 is 4.90 Å². The van der Waals surface area contributed by atoms with Gasteiger partial charge < -0.3 is 14.7 Å². The maximum Gasteiger partial charge on any atom is 0.267 e. The fourth-order valence-electron chi connectivity index (χ4n) is 2.88. The van der Waals surface area contributed by atoms with Gasteiger partial charge in [-0.25, -0.2) is 9.98 Å². The first-order valence-corrected chi connectivity index (χ1v) is 7.98. The van der Waals surface area contributed by atoms with Crippen molar-refractivity contribution in [3.63, 3.8) is 0 Å². The molecule has 1 aromatic rings. The molecular weight excluding hydrogens is 348 g/mol. The Bertz CT molecular complexity index is 707. The molecule has 3 aliphatic rings. The number of rotatable bonds is 0. The van der Waals surface area contributed by atoms with E-state index < -0.39 is 0 Å². The summed E-state index contributed by atoms with van der Waals surface area (Å²) in [6.07, 6.45) is 1.73. The van der Waals surface area contributed by atoms with E-state index in [2.05, 4.69) is 47.7 Å². The van der Waals surface area contributed by atoms with Crippen LogP contribution in [0.15, 0.2) is 26.7 Å². The van der Waals surface area contributed by atoms with Crippen molar-refractivity contribution >= 4 is 45.0 Å². The van der Waals surface area contributed by atoms with Crippen LogP contribution in [0, 0.1) is 0 Å². The summed E-state index contributed by atoms with van der Waals surface area (Å²) in [6, 6.07) is 1.93. The van der Waals surface area contributed by atoms with Gasteiger partial charge in [-0.3, -0.25) is 4.79 Å². The molecule has 0 aliphatic carbocycles. The topological polar surface area (TPSA) is 64.4 Å². The van der Waals surface area contributed by atoms with Crippen molar-refractivity contribution in [1.29, 1.82) is 0 Å². The number of hydrogen-bond donors (Lipinski definition) is 0. The quantitative estimate of drug-likeness (QED) is 0.685. The Hall–Kier alpha value is -1.80.